The Morgan fingerprint density at radius 2 is 2.26 bits per heavy atom. The average Bonchev–Trinajstić information content (AvgIpc) is 3.44. The van der Waals surface area contributed by atoms with E-state index in [1.807, 2.05) is 34.3 Å². The molecule has 4 heterocycles. The van der Waals surface area contributed by atoms with E-state index in [9.17, 15) is 10.1 Å². The minimum atomic E-state index is -0.821. The van der Waals surface area contributed by atoms with Gasteiger partial charge in [0.2, 0.25) is 5.78 Å². The second-order valence-corrected chi connectivity index (χ2v) is 8.66. The second-order valence-electron chi connectivity index (χ2n) is 6.56. The molecule has 0 saturated heterocycles. The molecular formula is C21H16N2OS3. The van der Waals surface area contributed by atoms with Crippen LogP contribution in [-0.4, -0.2) is 15.2 Å². The molecule has 1 unspecified atom stereocenters. The maximum atomic E-state index is 12.6. The number of aromatic nitrogens is 1. The number of hydrogen-bond donors (Lipinski definition) is 0. The predicted octanol–water partition coefficient (Wildman–Crippen LogP) is 5.15. The number of thiocarbonyl (C=S) groups is 1. The molecule has 3 aromatic heterocycles. The third-order valence-corrected chi connectivity index (χ3v) is 7.14. The minimum Gasteiger partial charge on any atom is -0.349 e. The molecule has 1 aliphatic rings. The van der Waals surface area contributed by atoms with Gasteiger partial charge in [-0.15, -0.1) is 17.9 Å². The van der Waals surface area contributed by atoms with Gasteiger partial charge in [0, 0.05) is 39.8 Å². The number of nitrogens with zero attached hydrogens (tertiary/aromatic N) is 2. The average molecular weight is 409 g/mol. The summed E-state index contributed by atoms with van der Waals surface area (Å²) in [6.07, 6.45) is 5.37. The van der Waals surface area contributed by atoms with Crippen LogP contribution in [0.25, 0.3) is 0 Å². The molecule has 27 heavy (non-hydrogen) atoms. The van der Waals surface area contributed by atoms with Gasteiger partial charge in [-0.1, -0.05) is 18.3 Å². The van der Waals surface area contributed by atoms with E-state index in [2.05, 4.69) is 29.5 Å². The molecule has 0 amide bonds. The van der Waals surface area contributed by atoms with Gasteiger partial charge in [-0.3, -0.25) is 4.79 Å². The van der Waals surface area contributed by atoms with Crippen LogP contribution in [0.2, 0.25) is 0 Å². The monoisotopic (exact) mass is 408 g/mol. The zero-order chi connectivity index (χ0) is 19.0. The maximum Gasteiger partial charge on any atom is 0.203 e. The minimum absolute atomic E-state index is 0.00405. The van der Waals surface area contributed by atoms with Gasteiger partial charge in [-0.05, 0) is 47.4 Å². The summed E-state index contributed by atoms with van der Waals surface area (Å²) >= 11 is 8.67. The smallest absolute Gasteiger partial charge is 0.203 e. The fourth-order valence-electron chi connectivity index (χ4n) is 3.56. The van der Waals surface area contributed by atoms with Crippen molar-refractivity contribution in [2.24, 2.45) is 0 Å². The van der Waals surface area contributed by atoms with E-state index in [0.29, 0.717) is 21.7 Å². The first-order valence-corrected chi connectivity index (χ1v) is 10.7. The van der Waals surface area contributed by atoms with Crippen LogP contribution >= 0.6 is 34.9 Å². The fourth-order valence-corrected chi connectivity index (χ4v) is 5.50. The number of fused-ring (bicyclic) bond motifs is 1. The SMILES string of the molecule is C=CCc1cc2n(c1)CCC2(C#N)C(=S)c1csc(C(=O)c2ccsc2)c1. The number of carbonyl (C=O) groups excluding carboxylic acids is 1. The van der Waals surface area contributed by atoms with Crippen molar-refractivity contribution in [3.63, 3.8) is 0 Å². The zero-order valence-corrected chi connectivity index (χ0v) is 16.9. The molecule has 4 rings (SSSR count). The molecular weight excluding hydrogens is 392 g/mol. The predicted molar refractivity (Wildman–Crippen MR) is 114 cm³/mol. The highest BCUT2D eigenvalue weighted by Crippen LogP contribution is 2.40. The molecule has 0 aromatic carbocycles. The lowest BCUT2D eigenvalue weighted by atomic mass is 9.79. The van der Waals surface area contributed by atoms with Gasteiger partial charge in [0.25, 0.3) is 0 Å². The molecule has 1 aliphatic heterocycles. The Balaban J connectivity index is 1.68. The van der Waals surface area contributed by atoms with Crippen LogP contribution in [0.1, 0.15) is 38.5 Å². The Kier molecular flexibility index (Phi) is 4.68. The van der Waals surface area contributed by atoms with Crippen LogP contribution in [0, 0.1) is 11.3 Å². The number of nitriles is 1. The molecule has 6 heteroatoms. The third kappa shape index (κ3) is 2.92. The number of thiophene rings is 2. The van der Waals surface area contributed by atoms with Crippen molar-refractivity contribution < 1.29 is 4.79 Å². The lowest BCUT2D eigenvalue weighted by molar-refractivity contribution is 0.104. The molecule has 0 bridgehead atoms. The molecule has 0 aliphatic carbocycles. The van der Waals surface area contributed by atoms with Gasteiger partial charge >= 0.3 is 0 Å². The van der Waals surface area contributed by atoms with Crippen LogP contribution in [0.4, 0.5) is 0 Å². The normalized spacial score (nSPS) is 18.0. The van der Waals surface area contributed by atoms with Crippen molar-refractivity contribution in [1.29, 1.82) is 5.26 Å². The van der Waals surface area contributed by atoms with E-state index in [4.69, 9.17) is 12.2 Å². The highest BCUT2D eigenvalue weighted by atomic mass is 32.1. The second kappa shape index (κ2) is 7.01. The summed E-state index contributed by atoms with van der Waals surface area (Å²) in [5.41, 5.74) is 2.76. The van der Waals surface area contributed by atoms with E-state index in [1.54, 1.807) is 0 Å². The Morgan fingerprint density at radius 3 is 2.96 bits per heavy atom. The van der Waals surface area contributed by atoms with E-state index in [-0.39, 0.29) is 5.78 Å². The lowest BCUT2D eigenvalue weighted by Crippen LogP contribution is -2.31. The van der Waals surface area contributed by atoms with Gasteiger partial charge in [-0.2, -0.15) is 16.6 Å². The van der Waals surface area contributed by atoms with Gasteiger partial charge in [0.05, 0.1) is 10.9 Å². The molecule has 0 N–H and O–H groups in total. The first-order valence-electron chi connectivity index (χ1n) is 8.51. The summed E-state index contributed by atoms with van der Waals surface area (Å²) in [7, 11) is 0. The molecule has 0 saturated carbocycles. The number of aryl methyl sites for hydroxylation is 1. The number of carbonyl (C=O) groups is 1. The molecule has 0 radical (unpaired) electrons. The zero-order valence-electron chi connectivity index (χ0n) is 14.5. The van der Waals surface area contributed by atoms with Crippen LogP contribution in [0.3, 0.4) is 0 Å². The summed E-state index contributed by atoms with van der Waals surface area (Å²) in [6, 6.07) is 8.21. The summed E-state index contributed by atoms with van der Waals surface area (Å²) in [4.78, 5) is 13.8. The Hall–Kier alpha value is -2.33. The summed E-state index contributed by atoms with van der Waals surface area (Å²) in [5.74, 6) is 0.00405. The van der Waals surface area contributed by atoms with E-state index in [1.165, 1.54) is 22.7 Å². The summed E-state index contributed by atoms with van der Waals surface area (Å²) in [5, 5.41) is 15.7. The summed E-state index contributed by atoms with van der Waals surface area (Å²) in [6.45, 7) is 4.56. The highest BCUT2D eigenvalue weighted by molar-refractivity contribution is 7.81. The van der Waals surface area contributed by atoms with Gasteiger partial charge in [0.1, 0.15) is 5.41 Å². The standard InChI is InChI=1S/C21H16N2OS3/c1-2-3-14-8-18-21(13-22,5-6-23(18)10-14)20(25)16-9-17(27-12-16)19(24)15-4-7-26-11-15/h2,4,7-12H,1,3,5-6H2. The molecule has 134 valence electrons. The lowest BCUT2D eigenvalue weighted by Gasteiger charge is -2.21. The third-order valence-electron chi connectivity index (χ3n) is 4.95. The number of allylic oxidation sites excluding steroid dienone is 1. The number of rotatable bonds is 6. The molecule has 3 nitrogen and oxygen atoms in total. The van der Waals surface area contributed by atoms with Crippen molar-refractivity contribution in [2.45, 2.75) is 24.8 Å². The van der Waals surface area contributed by atoms with Crippen molar-refractivity contribution >= 4 is 45.5 Å². The van der Waals surface area contributed by atoms with Crippen molar-refractivity contribution in [1.82, 2.24) is 4.57 Å². The Morgan fingerprint density at radius 1 is 1.41 bits per heavy atom. The van der Waals surface area contributed by atoms with Crippen LogP contribution < -0.4 is 0 Å². The van der Waals surface area contributed by atoms with Crippen LogP contribution in [0.15, 0.2) is 53.2 Å². The van der Waals surface area contributed by atoms with Crippen molar-refractivity contribution in [3.05, 3.63) is 80.5 Å². The molecule has 0 fully saturated rings. The van der Waals surface area contributed by atoms with Crippen LogP contribution in [-0.2, 0) is 18.4 Å². The van der Waals surface area contributed by atoms with Crippen LogP contribution in [0.5, 0.6) is 0 Å². The van der Waals surface area contributed by atoms with Gasteiger partial charge in [-0.25, -0.2) is 0 Å². The number of ketones is 1. The largest absolute Gasteiger partial charge is 0.349 e. The fraction of sp³-hybridized carbons (Fsp3) is 0.190. The molecule has 3 aromatic rings. The first-order chi connectivity index (χ1) is 13.1. The van der Waals surface area contributed by atoms with E-state index >= 15 is 0 Å². The number of hydrogen-bond acceptors (Lipinski definition) is 5. The van der Waals surface area contributed by atoms with E-state index in [0.717, 1.165) is 29.8 Å². The first kappa shape index (κ1) is 18.1. The quantitative estimate of drug-likeness (QED) is 0.322. The molecule has 0 spiro atoms. The maximum absolute atomic E-state index is 12.6. The Labute approximate surface area is 171 Å². The topological polar surface area (TPSA) is 45.8 Å². The van der Waals surface area contributed by atoms with E-state index < -0.39 is 5.41 Å². The van der Waals surface area contributed by atoms with Crippen molar-refractivity contribution in [2.75, 3.05) is 0 Å². The van der Waals surface area contributed by atoms with Gasteiger partial charge in [0.15, 0.2) is 0 Å². The van der Waals surface area contributed by atoms with Gasteiger partial charge < -0.3 is 4.57 Å². The summed E-state index contributed by atoms with van der Waals surface area (Å²) < 4.78 is 2.12. The van der Waals surface area contributed by atoms with Crippen molar-refractivity contribution in [3.8, 4) is 6.07 Å². The highest BCUT2D eigenvalue weighted by Gasteiger charge is 2.44. The Bertz CT molecular complexity index is 1080. The molecule has 1 atom stereocenters.